The molecule has 122 valence electrons. The van der Waals surface area contributed by atoms with Crippen molar-refractivity contribution in [1.82, 2.24) is 10.2 Å². The SMILES string of the molecule is CCCOc1ccc(CCC(=O)N2CCCC2CNC)cc1. The number of amides is 1. The van der Waals surface area contributed by atoms with Crippen LogP contribution < -0.4 is 10.1 Å². The number of carbonyl (C=O) groups is 1. The van der Waals surface area contributed by atoms with Crippen molar-refractivity contribution in [1.29, 1.82) is 0 Å². The van der Waals surface area contributed by atoms with Gasteiger partial charge < -0.3 is 15.0 Å². The third-order valence-electron chi connectivity index (χ3n) is 4.16. The molecule has 0 spiro atoms. The summed E-state index contributed by atoms with van der Waals surface area (Å²) in [7, 11) is 1.95. The van der Waals surface area contributed by atoms with Crippen molar-refractivity contribution in [3.63, 3.8) is 0 Å². The molecule has 4 heteroatoms. The summed E-state index contributed by atoms with van der Waals surface area (Å²) in [6, 6.07) is 8.49. The molecule has 0 bridgehead atoms. The molecule has 1 aliphatic heterocycles. The van der Waals surface area contributed by atoms with Gasteiger partial charge >= 0.3 is 0 Å². The first-order chi connectivity index (χ1) is 10.7. The molecule has 1 amide bonds. The van der Waals surface area contributed by atoms with Crippen LogP contribution in [0.5, 0.6) is 5.75 Å². The predicted octanol–water partition coefficient (Wildman–Crippen LogP) is 2.62. The zero-order valence-electron chi connectivity index (χ0n) is 13.8. The second-order valence-electron chi connectivity index (χ2n) is 5.93. The van der Waals surface area contributed by atoms with E-state index < -0.39 is 0 Å². The normalized spacial score (nSPS) is 17.7. The predicted molar refractivity (Wildman–Crippen MR) is 89.2 cm³/mol. The molecular formula is C18H28N2O2. The van der Waals surface area contributed by atoms with E-state index in [1.54, 1.807) is 0 Å². The highest BCUT2D eigenvalue weighted by molar-refractivity contribution is 5.77. The molecule has 1 atom stereocenters. The smallest absolute Gasteiger partial charge is 0.223 e. The van der Waals surface area contributed by atoms with Gasteiger partial charge in [0.1, 0.15) is 5.75 Å². The number of hydrogen-bond acceptors (Lipinski definition) is 3. The zero-order chi connectivity index (χ0) is 15.8. The minimum absolute atomic E-state index is 0.282. The van der Waals surface area contributed by atoms with Gasteiger partial charge in [0.15, 0.2) is 0 Å². The first kappa shape index (κ1) is 16.8. The largest absolute Gasteiger partial charge is 0.494 e. The minimum atomic E-state index is 0.282. The molecule has 4 nitrogen and oxygen atoms in total. The third-order valence-corrected chi connectivity index (χ3v) is 4.16. The highest BCUT2D eigenvalue weighted by atomic mass is 16.5. The lowest BCUT2D eigenvalue weighted by atomic mass is 10.1. The van der Waals surface area contributed by atoms with Gasteiger partial charge in [-0.1, -0.05) is 19.1 Å². The maximum atomic E-state index is 12.4. The summed E-state index contributed by atoms with van der Waals surface area (Å²) in [4.78, 5) is 14.4. The molecule has 1 aromatic carbocycles. The van der Waals surface area contributed by atoms with E-state index in [4.69, 9.17) is 4.74 Å². The van der Waals surface area contributed by atoms with Gasteiger partial charge in [0, 0.05) is 25.6 Å². The molecule has 22 heavy (non-hydrogen) atoms. The summed E-state index contributed by atoms with van der Waals surface area (Å²) in [5.41, 5.74) is 1.20. The molecule has 1 unspecified atom stereocenters. The van der Waals surface area contributed by atoms with Crippen LogP contribution in [0.15, 0.2) is 24.3 Å². The molecule has 1 aromatic rings. The number of aryl methyl sites for hydroxylation is 1. The maximum Gasteiger partial charge on any atom is 0.223 e. The maximum absolute atomic E-state index is 12.4. The molecule has 1 aliphatic rings. The van der Waals surface area contributed by atoms with Crippen LogP contribution >= 0.6 is 0 Å². The lowest BCUT2D eigenvalue weighted by molar-refractivity contribution is -0.131. The fourth-order valence-electron chi connectivity index (χ4n) is 2.98. The number of likely N-dealkylation sites (N-methyl/N-ethyl adjacent to an activating group) is 1. The van der Waals surface area contributed by atoms with E-state index in [1.807, 2.05) is 19.2 Å². The van der Waals surface area contributed by atoms with Crippen LogP contribution in [0.25, 0.3) is 0 Å². The second kappa shape index (κ2) is 8.79. The summed E-state index contributed by atoms with van der Waals surface area (Å²) in [5, 5.41) is 3.18. The lowest BCUT2D eigenvalue weighted by Crippen LogP contribution is -2.40. The molecule has 1 heterocycles. The van der Waals surface area contributed by atoms with Gasteiger partial charge in [-0.3, -0.25) is 4.79 Å². The van der Waals surface area contributed by atoms with Crippen LogP contribution in [0.1, 0.15) is 38.2 Å². The van der Waals surface area contributed by atoms with Gasteiger partial charge in [-0.2, -0.15) is 0 Å². The molecule has 0 aliphatic carbocycles. The van der Waals surface area contributed by atoms with E-state index in [-0.39, 0.29) is 5.91 Å². The number of rotatable bonds is 8. The average molecular weight is 304 g/mol. The zero-order valence-corrected chi connectivity index (χ0v) is 13.8. The van der Waals surface area contributed by atoms with Crippen LogP contribution in [0.2, 0.25) is 0 Å². The van der Waals surface area contributed by atoms with E-state index >= 15 is 0 Å². The van der Waals surface area contributed by atoms with Gasteiger partial charge in [0.25, 0.3) is 0 Å². The quantitative estimate of drug-likeness (QED) is 0.803. The van der Waals surface area contributed by atoms with E-state index in [2.05, 4.69) is 29.3 Å². The standard InChI is InChI=1S/C18H28N2O2/c1-3-13-22-17-9-6-15(7-10-17)8-11-18(21)20-12-4-5-16(20)14-19-2/h6-7,9-10,16,19H,3-5,8,11-14H2,1-2H3. The van der Waals surface area contributed by atoms with E-state index in [0.29, 0.717) is 12.5 Å². The Labute approximate surface area is 133 Å². The Morgan fingerprint density at radius 1 is 1.36 bits per heavy atom. The number of likely N-dealkylation sites (tertiary alicyclic amines) is 1. The fourth-order valence-corrected chi connectivity index (χ4v) is 2.98. The number of nitrogens with zero attached hydrogens (tertiary/aromatic N) is 1. The van der Waals surface area contributed by atoms with Gasteiger partial charge in [0.05, 0.1) is 6.61 Å². The average Bonchev–Trinajstić information content (AvgIpc) is 3.00. The molecular weight excluding hydrogens is 276 g/mol. The monoisotopic (exact) mass is 304 g/mol. The Morgan fingerprint density at radius 2 is 2.14 bits per heavy atom. The highest BCUT2D eigenvalue weighted by Crippen LogP contribution is 2.19. The summed E-state index contributed by atoms with van der Waals surface area (Å²) >= 11 is 0. The van der Waals surface area contributed by atoms with Crippen molar-refractivity contribution < 1.29 is 9.53 Å². The van der Waals surface area contributed by atoms with Gasteiger partial charge in [-0.15, -0.1) is 0 Å². The number of ether oxygens (including phenoxy) is 1. The first-order valence-corrected chi connectivity index (χ1v) is 8.40. The van der Waals surface area contributed by atoms with Gasteiger partial charge in [0.2, 0.25) is 5.91 Å². The Balaban J connectivity index is 1.80. The van der Waals surface area contributed by atoms with E-state index in [0.717, 1.165) is 51.1 Å². The molecule has 1 fully saturated rings. The van der Waals surface area contributed by atoms with Crippen molar-refractivity contribution in [2.75, 3.05) is 26.7 Å². The second-order valence-corrected chi connectivity index (χ2v) is 5.93. The number of carbonyl (C=O) groups excluding carboxylic acids is 1. The Hall–Kier alpha value is -1.55. The summed E-state index contributed by atoms with van der Waals surface area (Å²) in [5.74, 6) is 1.19. The van der Waals surface area contributed by atoms with Crippen LogP contribution in [-0.2, 0) is 11.2 Å². The van der Waals surface area contributed by atoms with Crippen LogP contribution in [-0.4, -0.2) is 43.6 Å². The minimum Gasteiger partial charge on any atom is -0.494 e. The molecule has 1 saturated heterocycles. The summed E-state index contributed by atoms with van der Waals surface area (Å²) < 4.78 is 5.58. The molecule has 1 N–H and O–H groups in total. The Morgan fingerprint density at radius 3 is 2.82 bits per heavy atom. The van der Waals surface area contributed by atoms with Gasteiger partial charge in [-0.25, -0.2) is 0 Å². The third kappa shape index (κ3) is 4.73. The fraction of sp³-hybridized carbons (Fsp3) is 0.611. The van der Waals surface area contributed by atoms with Crippen LogP contribution in [0, 0.1) is 0 Å². The topological polar surface area (TPSA) is 41.6 Å². The van der Waals surface area contributed by atoms with Crippen LogP contribution in [0.4, 0.5) is 0 Å². The van der Waals surface area contributed by atoms with E-state index in [9.17, 15) is 4.79 Å². The molecule has 0 radical (unpaired) electrons. The van der Waals surface area contributed by atoms with E-state index in [1.165, 1.54) is 5.56 Å². The molecule has 2 rings (SSSR count). The van der Waals surface area contributed by atoms with Crippen LogP contribution in [0.3, 0.4) is 0 Å². The number of nitrogens with one attached hydrogen (secondary N) is 1. The van der Waals surface area contributed by atoms with Crippen molar-refractivity contribution >= 4 is 5.91 Å². The van der Waals surface area contributed by atoms with Crippen molar-refractivity contribution in [2.45, 2.75) is 45.1 Å². The lowest BCUT2D eigenvalue weighted by Gasteiger charge is -2.24. The summed E-state index contributed by atoms with van der Waals surface area (Å²) in [6.07, 6.45) is 4.66. The first-order valence-electron chi connectivity index (χ1n) is 8.40. The van der Waals surface area contributed by atoms with Gasteiger partial charge in [-0.05, 0) is 50.4 Å². The highest BCUT2D eigenvalue weighted by Gasteiger charge is 2.27. The van der Waals surface area contributed by atoms with Crippen molar-refractivity contribution in [3.8, 4) is 5.75 Å². The van der Waals surface area contributed by atoms with Crippen molar-refractivity contribution in [3.05, 3.63) is 29.8 Å². The Kier molecular flexibility index (Phi) is 6.72. The summed E-state index contributed by atoms with van der Waals surface area (Å²) in [6.45, 7) is 4.66. The van der Waals surface area contributed by atoms with Crippen molar-refractivity contribution in [2.24, 2.45) is 0 Å². The Bertz CT molecular complexity index is 459. The molecule has 0 saturated carbocycles. The molecule has 0 aromatic heterocycles. The number of hydrogen-bond donors (Lipinski definition) is 1. The number of benzene rings is 1.